The minimum absolute atomic E-state index is 0.0795. The number of carbonyl (C=O) groups is 1. The minimum Gasteiger partial charge on any atom is -0.495 e. The summed E-state index contributed by atoms with van der Waals surface area (Å²) >= 11 is 11.8. The highest BCUT2D eigenvalue weighted by atomic mass is 35.5. The van der Waals surface area contributed by atoms with Crippen LogP contribution in [0.4, 0.5) is 0 Å². The Labute approximate surface area is 121 Å². The molecule has 0 atom stereocenters. The predicted molar refractivity (Wildman–Crippen MR) is 77.6 cm³/mol. The fourth-order valence-corrected chi connectivity index (χ4v) is 2.26. The summed E-state index contributed by atoms with van der Waals surface area (Å²) in [5.74, 6) is 0.406. The number of benzene rings is 2. The van der Waals surface area contributed by atoms with Crippen molar-refractivity contribution in [1.29, 1.82) is 0 Å². The number of hydrogen-bond acceptors (Lipinski definition) is 2. The van der Waals surface area contributed by atoms with E-state index in [1.165, 1.54) is 7.11 Å². The van der Waals surface area contributed by atoms with Gasteiger partial charge in [0.2, 0.25) is 0 Å². The lowest BCUT2D eigenvalue weighted by molar-refractivity contribution is 0.103. The molecule has 0 spiro atoms. The van der Waals surface area contributed by atoms with E-state index in [0.717, 1.165) is 5.56 Å². The zero-order valence-corrected chi connectivity index (χ0v) is 12.0. The van der Waals surface area contributed by atoms with Gasteiger partial charge in [-0.3, -0.25) is 4.79 Å². The number of ketones is 1. The first kappa shape index (κ1) is 13.9. The Morgan fingerprint density at radius 1 is 1.11 bits per heavy atom. The molecule has 4 heteroatoms. The van der Waals surface area contributed by atoms with Crippen LogP contribution in [0.3, 0.4) is 0 Å². The van der Waals surface area contributed by atoms with E-state index < -0.39 is 0 Å². The Morgan fingerprint density at radius 3 is 2.47 bits per heavy atom. The number of carbonyl (C=O) groups excluding carboxylic acids is 1. The Bertz CT molecular complexity index is 636. The van der Waals surface area contributed by atoms with Crippen molar-refractivity contribution in [2.45, 2.75) is 6.92 Å². The average molecular weight is 295 g/mol. The molecule has 0 heterocycles. The Kier molecular flexibility index (Phi) is 4.13. The van der Waals surface area contributed by atoms with Crippen LogP contribution in [0.15, 0.2) is 36.4 Å². The molecule has 0 amide bonds. The van der Waals surface area contributed by atoms with Gasteiger partial charge in [-0.15, -0.1) is 0 Å². The fraction of sp³-hybridized carbons (Fsp3) is 0.133. The normalized spacial score (nSPS) is 10.3. The van der Waals surface area contributed by atoms with Crippen LogP contribution >= 0.6 is 23.2 Å². The highest BCUT2D eigenvalue weighted by Crippen LogP contribution is 2.27. The summed E-state index contributed by atoms with van der Waals surface area (Å²) in [6, 6.07) is 10.2. The third-order valence-corrected chi connectivity index (χ3v) is 3.39. The number of rotatable bonds is 3. The van der Waals surface area contributed by atoms with Crippen LogP contribution in [-0.4, -0.2) is 12.9 Å². The highest BCUT2D eigenvalue weighted by molar-refractivity contribution is 6.32. The summed E-state index contributed by atoms with van der Waals surface area (Å²) in [6.07, 6.45) is 0. The number of ether oxygens (including phenoxy) is 1. The van der Waals surface area contributed by atoms with E-state index in [1.54, 1.807) is 36.4 Å². The van der Waals surface area contributed by atoms with Crippen molar-refractivity contribution in [3.63, 3.8) is 0 Å². The number of aryl methyl sites for hydroxylation is 1. The molecule has 0 aliphatic carbocycles. The maximum Gasteiger partial charge on any atom is 0.193 e. The van der Waals surface area contributed by atoms with Crippen LogP contribution in [0.25, 0.3) is 0 Å². The Morgan fingerprint density at radius 2 is 1.84 bits per heavy atom. The molecule has 2 aromatic rings. The van der Waals surface area contributed by atoms with Crippen molar-refractivity contribution < 1.29 is 9.53 Å². The molecule has 2 aromatic carbocycles. The van der Waals surface area contributed by atoms with Gasteiger partial charge in [0.25, 0.3) is 0 Å². The van der Waals surface area contributed by atoms with Crippen molar-refractivity contribution in [3.05, 3.63) is 63.1 Å². The minimum atomic E-state index is -0.0795. The van der Waals surface area contributed by atoms with Crippen molar-refractivity contribution in [1.82, 2.24) is 0 Å². The molecule has 0 bridgehead atoms. The topological polar surface area (TPSA) is 26.3 Å². The molecule has 0 unspecified atom stereocenters. The molecule has 0 saturated heterocycles. The first-order valence-electron chi connectivity index (χ1n) is 5.67. The van der Waals surface area contributed by atoms with Crippen LogP contribution in [0.1, 0.15) is 21.5 Å². The zero-order chi connectivity index (χ0) is 14.0. The highest BCUT2D eigenvalue weighted by Gasteiger charge is 2.14. The molecular formula is C15H12Cl2O2. The number of halogens is 2. The molecule has 0 radical (unpaired) electrons. The maximum atomic E-state index is 12.4. The Balaban J connectivity index is 2.44. The van der Waals surface area contributed by atoms with Gasteiger partial charge in [0.1, 0.15) is 5.75 Å². The van der Waals surface area contributed by atoms with E-state index >= 15 is 0 Å². The van der Waals surface area contributed by atoms with E-state index in [2.05, 4.69) is 0 Å². The van der Waals surface area contributed by atoms with Crippen molar-refractivity contribution in [2.24, 2.45) is 0 Å². The van der Waals surface area contributed by atoms with E-state index in [0.29, 0.717) is 26.9 Å². The first-order valence-corrected chi connectivity index (χ1v) is 6.43. The molecule has 98 valence electrons. The molecule has 0 aliphatic rings. The van der Waals surface area contributed by atoms with Gasteiger partial charge in [-0.1, -0.05) is 23.2 Å². The molecule has 0 fully saturated rings. The second-order valence-electron chi connectivity index (χ2n) is 4.14. The second kappa shape index (κ2) is 5.64. The standard InChI is InChI=1S/C15H12Cl2O2/c1-9-7-11(16)4-5-12(9)15(18)10-3-6-13(17)14(8-10)19-2/h3-8H,1-2H3. The van der Waals surface area contributed by atoms with E-state index in [1.807, 2.05) is 6.92 Å². The molecule has 2 nitrogen and oxygen atoms in total. The van der Waals surface area contributed by atoms with Gasteiger partial charge in [-0.05, 0) is 48.9 Å². The quantitative estimate of drug-likeness (QED) is 0.777. The van der Waals surface area contributed by atoms with E-state index in [4.69, 9.17) is 27.9 Å². The molecule has 0 saturated carbocycles. The third kappa shape index (κ3) is 2.91. The summed E-state index contributed by atoms with van der Waals surface area (Å²) in [6.45, 7) is 1.85. The number of methoxy groups -OCH3 is 1. The fourth-order valence-electron chi connectivity index (χ4n) is 1.84. The molecule has 0 N–H and O–H groups in total. The lowest BCUT2D eigenvalue weighted by Crippen LogP contribution is -2.04. The molecular weight excluding hydrogens is 283 g/mol. The van der Waals surface area contributed by atoms with E-state index in [-0.39, 0.29) is 5.78 Å². The Hall–Kier alpha value is -1.51. The largest absolute Gasteiger partial charge is 0.495 e. The van der Waals surface area contributed by atoms with Crippen LogP contribution in [0, 0.1) is 6.92 Å². The van der Waals surface area contributed by atoms with Crippen LogP contribution in [0.2, 0.25) is 10.0 Å². The van der Waals surface area contributed by atoms with Gasteiger partial charge in [-0.2, -0.15) is 0 Å². The van der Waals surface area contributed by atoms with Gasteiger partial charge in [0, 0.05) is 16.1 Å². The SMILES string of the molecule is COc1cc(C(=O)c2ccc(Cl)cc2C)ccc1Cl. The first-order chi connectivity index (χ1) is 9.02. The van der Waals surface area contributed by atoms with Gasteiger partial charge >= 0.3 is 0 Å². The lowest BCUT2D eigenvalue weighted by Gasteiger charge is -2.08. The van der Waals surface area contributed by atoms with Crippen LogP contribution < -0.4 is 4.74 Å². The molecule has 0 aromatic heterocycles. The second-order valence-corrected chi connectivity index (χ2v) is 4.98. The average Bonchev–Trinajstić information content (AvgIpc) is 2.38. The predicted octanol–water partition coefficient (Wildman–Crippen LogP) is 4.54. The van der Waals surface area contributed by atoms with Gasteiger partial charge in [-0.25, -0.2) is 0 Å². The van der Waals surface area contributed by atoms with Gasteiger partial charge < -0.3 is 4.74 Å². The van der Waals surface area contributed by atoms with Gasteiger partial charge in [0.05, 0.1) is 12.1 Å². The van der Waals surface area contributed by atoms with E-state index in [9.17, 15) is 4.79 Å². The molecule has 2 rings (SSSR count). The summed E-state index contributed by atoms with van der Waals surface area (Å²) in [5.41, 5.74) is 1.99. The molecule has 19 heavy (non-hydrogen) atoms. The third-order valence-electron chi connectivity index (χ3n) is 2.85. The maximum absolute atomic E-state index is 12.4. The van der Waals surface area contributed by atoms with Crippen molar-refractivity contribution in [2.75, 3.05) is 7.11 Å². The number of hydrogen-bond donors (Lipinski definition) is 0. The smallest absolute Gasteiger partial charge is 0.193 e. The summed E-state index contributed by atoms with van der Waals surface area (Å²) in [7, 11) is 1.52. The summed E-state index contributed by atoms with van der Waals surface area (Å²) < 4.78 is 5.12. The summed E-state index contributed by atoms with van der Waals surface area (Å²) in [4.78, 5) is 12.4. The molecule has 0 aliphatic heterocycles. The monoisotopic (exact) mass is 294 g/mol. The van der Waals surface area contributed by atoms with Crippen molar-refractivity contribution in [3.8, 4) is 5.75 Å². The van der Waals surface area contributed by atoms with Gasteiger partial charge in [0.15, 0.2) is 5.78 Å². The van der Waals surface area contributed by atoms with Crippen LogP contribution in [0.5, 0.6) is 5.75 Å². The van der Waals surface area contributed by atoms with Crippen molar-refractivity contribution >= 4 is 29.0 Å². The zero-order valence-electron chi connectivity index (χ0n) is 10.5. The summed E-state index contributed by atoms with van der Waals surface area (Å²) in [5, 5.41) is 1.09. The van der Waals surface area contributed by atoms with Crippen LogP contribution in [-0.2, 0) is 0 Å². The lowest BCUT2D eigenvalue weighted by atomic mass is 9.99.